The van der Waals surface area contributed by atoms with Gasteiger partial charge in [-0.25, -0.2) is 9.37 Å². The molecule has 0 fully saturated rings. The lowest BCUT2D eigenvalue weighted by Crippen LogP contribution is -2.14. The zero-order valence-corrected chi connectivity index (χ0v) is 14.5. The summed E-state index contributed by atoms with van der Waals surface area (Å²) < 4.78 is 18.0. The molecule has 0 saturated heterocycles. The summed E-state index contributed by atoms with van der Waals surface area (Å²) in [5.74, 6) is 0.391. The van der Waals surface area contributed by atoms with Crippen molar-refractivity contribution < 1.29 is 13.9 Å². The largest absolute Gasteiger partial charge is 0.497 e. The van der Waals surface area contributed by atoms with E-state index >= 15 is 0 Å². The number of carbonyl (C=O) groups is 1. The van der Waals surface area contributed by atoms with Crippen LogP contribution in [0.25, 0.3) is 0 Å². The minimum Gasteiger partial charge on any atom is -0.497 e. The van der Waals surface area contributed by atoms with Gasteiger partial charge < -0.3 is 10.1 Å². The van der Waals surface area contributed by atoms with Crippen molar-refractivity contribution in [2.24, 2.45) is 0 Å². The smallest absolute Gasteiger partial charge is 0.230 e. The van der Waals surface area contributed by atoms with Crippen LogP contribution in [-0.2, 0) is 17.6 Å². The molecule has 3 aromatic rings. The second-order valence-electron chi connectivity index (χ2n) is 5.51. The summed E-state index contributed by atoms with van der Waals surface area (Å²) in [5.41, 5.74) is 1.91. The fourth-order valence-electron chi connectivity index (χ4n) is 2.34. The molecular weight excluding hydrogens is 339 g/mol. The van der Waals surface area contributed by atoms with E-state index in [-0.39, 0.29) is 18.1 Å². The number of anilines is 1. The van der Waals surface area contributed by atoms with E-state index in [2.05, 4.69) is 10.3 Å². The number of methoxy groups -OCH3 is 1. The number of thiazole rings is 1. The lowest BCUT2D eigenvalue weighted by atomic mass is 10.1. The molecule has 0 saturated carbocycles. The van der Waals surface area contributed by atoms with Crippen LogP contribution in [0.3, 0.4) is 0 Å². The molecule has 0 atom stereocenters. The van der Waals surface area contributed by atoms with Crippen molar-refractivity contribution in [3.05, 3.63) is 76.5 Å². The normalized spacial score (nSPS) is 10.5. The van der Waals surface area contributed by atoms with E-state index in [9.17, 15) is 9.18 Å². The maximum Gasteiger partial charge on any atom is 0.230 e. The maximum atomic E-state index is 12.9. The molecule has 0 unspecified atom stereocenters. The first-order valence-electron chi connectivity index (χ1n) is 7.74. The van der Waals surface area contributed by atoms with Gasteiger partial charge in [-0.05, 0) is 35.4 Å². The van der Waals surface area contributed by atoms with Crippen molar-refractivity contribution >= 4 is 22.4 Å². The van der Waals surface area contributed by atoms with E-state index in [0.29, 0.717) is 11.6 Å². The third-order valence-corrected chi connectivity index (χ3v) is 4.53. The fourth-order valence-corrected chi connectivity index (χ4v) is 3.21. The molecule has 1 heterocycles. The molecule has 4 nitrogen and oxygen atoms in total. The molecule has 6 heteroatoms. The van der Waals surface area contributed by atoms with Gasteiger partial charge in [0.25, 0.3) is 0 Å². The van der Waals surface area contributed by atoms with Crippen LogP contribution in [0.4, 0.5) is 9.52 Å². The van der Waals surface area contributed by atoms with Crippen molar-refractivity contribution in [2.45, 2.75) is 12.8 Å². The third-order valence-electron chi connectivity index (χ3n) is 3.62. The van der Waals surface area contributed by atoms with Crippen LogP contribution >= 0.6 is 11.3 Å². The molecular formula is C19H17FN2O2S. The monoisotopic (exact) mass is 356 g/mol. The predicted octanol–water partition coefficient (Wildman–Crippen LogP) is 4.06. The standard InChI is InChI=1S/C19H17FN2O2S/c1-24-16-8-4-14(5-9-16)11-18(23)22-19-21-12-17(25-19)10-13-2-6-15(20)7-3-13/h2-9,12H,10-11H2,1H3,(H,21,22,23). The van der Waals surface area contributed by atoms with Crippen LogP contribution < -0.4 is 10.1 Å². The van der Waals surface area contributed by atoms with Gasteiger partial charge in [0.1, 0.15) is 11.6 Å². The average molecular weight is 356 g/mol. The number of rotatable bonds is 6. The number of carbonyl (C=O) groups excluding carboxylic acids is 1. The van der Waals surface area contributed by atoms with Gasteiger partial charge in [-0.1, -0.05) is 24.3 Å². The van der Waals surface area contributed by atoms with Gasteiger partial charge in [-0.3, -0.25) is 4.79 Å². The maximum absolute atomic E-state index is 12.9. The minimum atomic E-state index is -0.250. The summed E-state index contributed by atoms with van der Waals surface area (Å²) in [6.07, 6.45) is 2.67. The Hall–Kier alpha value is -2.73. The van der Waals surface area contributed by atoms with Crippen LogP contribution in [-0.4, -0.2) is 18.0 Å². The highest BCUT2D eigenvalue weighted by Gasteiger charge is 2.08. The van der Waals surface area contributed by atoms with E-state index in [1.165, 1.54) is 23.5 Å². The number of benzene rings is 2. The first kappa shape index (κ1) is 17.1. The van der Waals surface area contributed by atoms with Gasteiger partial charge in [0.2, 0.25) is 5.91 Å². The van der Waals surface area contributed by atoms with Gasteiger partial charge in [0, 0.05) is 17.5 Å². The summed E-state index contributed by atoms with van der Waals surface area (Å²) in [6.45, 7) is 0. The summed E-state index contributed by atoms with van der Waals surface area (Å²) in [7, 11) is 1.60. The highest BCUT2D eigenvalue weighted by Crippen LogP contribution is 2.21. The Bertz CT molecular complexity index is 845. The molecule has 0 radical (unpaired) electrons. The summed E-state index contributed by atoms with van der Waals surface area (Å²) >= 11 is 1.42. The fraction of sp³-hybridized carbons (Fsp3) is 0.158. The second kappa shape index (κ2) is 7.90. The van der Waals surface area contributed by atoms with Gasteiger partial charge in [0.15, 0.2) is 5.13 Å². The lowest BCUT2D eigenvalue weighted by Gasteiger charge is -2.03. The Morgan fingerprint density at radius 2 is 1.80 bits per heavy atom. The number of nitrogens with zero attached hydrogens (tertiary/aromatic N) is 1. The summed E-state index contributed by atoms with van der Waals surface area (Å²) in [4.78, 5) is 17.4. The average Bonchev–Trinajstić information content (AvgIpc) is 3.04. The van der Waals surface area contributed by atoms with E-state index in [1.807, 2.05) is 24.3 Å². The highest BCUT2D eigenvalue weighted by atomic mass is 32.1. The number of halogens is 1. The number of aromatic nitrogens is 1. The minimum absolute atomic E-state index is 0.118. The zero-order valence-electron chi connectivity index (χ0n) is 13.7. The van der Waals surface area contributed by atoms with E-state index < -0.39 is 0 Å². The molecule has 0 aliphatic rings. The number of hydrogen-bond donors (Lipinski definition) is 1. The topological polar surface area (TPSA) is 51.2 Å². The van der Waals surface area contributed by atoms with Gasteiger partial charge >= 0.3 is 0 Å². The zero-order chi connectivity index (χ0) is 17.6. The van der Waals surface area contributed by atoms with Crippen molar-refractivity contribution in [1.29, 1.82) is 0 Å². The molecule has 128 valence electrons. The number of ether oxygens (including phenoxy) is 1. The van der Waals surface area contributed by atoms with Crippen LogP contribution in [0.15, 0.2) is 54.7 Å². The number of hydrogen-bond acceptors (Lipinski definition) is 4. The molecule has 25 heavy (non-hydrogen) atoms. The SMILES string of the molecule is COc1ccc(CC(=O)Nc2ncc(Cc3ccc(F)cc3)s2)cc1. The summed E-state index contributed by atoms with van der Waals surface area (Å²) in [5, 5.41) is 3.38. The van der Waals surface area contributed by atoms with Crippen molar-refractivity contribution in [2.75, 3.05) is 12.4 Å². The molecule has 1 N–H and O–H groups in total. The van der Waals surface area contributed by atoms with Gasteiger partial charge in [-0.2, -0.15) is 0 Å². The van der Waals surface area contributed by atoms with Crippen LogP contribution in [0, 0.1) is 5.82 Å². The first-order chi connectivity index (χ1) is 12.1. The molecule has 0 aliphatic heterocycles. The number of nitrogens with one attached hydrogen (secondary N) is 1. The molecule has 0 aliphatic carbocycles. The quantitative estimate of drug-likeness (QED) is 0.724. The van der Waals surface area contributed by atoms with Gasteiger partial charge in [-0.15, -0.1) is 11.3 Å². The third kappa shape index (κ3) is 4.87. The lowest BCUT2D eigenvalue weighted by molar-refractivity contribution is -0.115. The Morgan fingerprint density at radius 1 is 1.12 bits per heavy atom. The molecule has 1 aromatic heterocycles. The molecule has 0 bridgehead atoms. The molecule has 2 aromatic carbocycles. The Morgan fingerprint density at radius 3 is 2.48 bits per heavy atom. The van der Waals surface area contributed by atoms with Crippen LogP contribution in [0.1, 0.15) is 16.0 Å². The first-order valence-corrected chi connectivity index (χ1v) is 8.56. The van der Waals surface area contributed by atoms with Gasteiger partial charge in [0.05, 0.1) is 13.5 Å². The molecule has 3 rings (SSSR count). The van der Waals surface area contributed by atoms with Crippen LogP contribution in [0.5, 0.6) is 5.75 Å². The predicted molar refractivity (Wildman–Crippen MR) is 96.6 cm³/mol. The van der Waals surface area contributed by atoms with Crippen LogP contribution in [0.2, 0.25) is 0 Å². The van der Waals surface area contributed by atoms with Crippen molar-refractivity contribution in [1.82, 2.24) is 4.98 Å². The second-order valence-corrected chi connectivity index (χ2v) is 6.62. The molecule has 0 spiro atoms. The Kier molecular flexibility index (Phi) is 5.40. The number of amides is 1. The summed E-state index contributed by atoms with van der Waals surface area (Å²) in [6, 6.07) is 13.7. The van der Waals surface area contributed by atoms with Crippen molar-refractivity contribution in [3.63, 3.8) is 0 Å². The van der Waals surface area contributed by atoms with E-state index in [4.69, 9.17) is 4.74 Å². The van der Waals surface area contributed by atoms with E-state index in [0.717, 1.165) is 21.8 Å². The Balaban J connectivity index is 1.56. The highest BCUT2D eigenvalue weighted by molar-refractivity contribution is 7.15. The Labute approximate surface area is 149 Å². The van der Waals surface area contributed by atoms with E-state index in [1.54, 1.807) is 25.4 Å². The van der Waals surface area contributed by atoms with Crippen molar-refractivity contribution in [3.8, 4) is 5.75 Å². The molecule has 1 amide bonds.